The molecule has 0 amide bonds. The lowest BCUT2D eigenvalue weighted by Gasteiger charge is -2.08. The standard InChI is InChI=1S/C13H16N4/c14-10-1-2-13(17)9(6-10)3-8-4-11(15)7-12(16)5-8/h1-2,4-7H,3,14-17H2. The van der Waals surface area contributed by atoms with Crippen molar-refractivity contribution in [2.24, 2.45) is 0 Å². The molecule has 17 heavy (non-hydrogen) atoms. The third-order valence-electron chi connectivity index (χ3n) is 2.60. The number of hydrogen-bond donors (Lipinski definition) is 4. The van der Waals surface area contributed by atoms with Crippen LogP contribution >= 0.6 is 0 Å². The van der Waals surface area contributed by atoms with E-state index in [2.05, 4.69) is 0 Å². The maximum atomic E-state index is 5.90. The van der Waals surface area contributed by atoms with Crippen molar-refractivity contribution in [2.75, 3.05) is 22.9 Å². The number of nitrogen functional groups attached to an aromatic ring is 4. The number of benzene rings is 2. The molecule has 0 unspecified atom stereocenters. The van der Waals surface area contributed by atoms with Gasteiger partial charge in [-0.3, -0.25) is 0 Å². The smallest absolute Gasteiger partial charge is 0.0351 e. The van der Waals surface area contributed by atoms with E-state index in [9.17, 15) is 0 Å². The molecule has 0 atom stereocenters. The predicted octanol–water partition coefficient (Wildman–Crippen LogP) is 1.61. The van der Waals surface area contributed by atoms with Gasteiger partial charge in [0.2, 0.25) is 0 Å². The third-order valence-corrected chi connectivity index (χ3v) is 2.60. The Morgan fingerprint density at radius 2 is 1.35 bits per heavy atom. The summed E-state index contributed by atoms with van der Waals surface area (Å²) in [6.45, 7) is 0. The summed E-state index contributed by atoms with van der Waals surface area (Å²) in [7, 11) is 0. The molecule has 0 heterocycles. The van der Waals surface area contributed by atoms with E-state index in [4.69, 9.17) is 22.9 Å². The molecular weight excluding hydrogens is 212 g/mol. The van der Waals surface area contributed by atoms with E-state index in [1.807, 2.05) is 18.2 Å². The summed E-state index contributed by atoms with van der Waals surface area (Å²) in [5.74, 6) is 0. The Balaban J connectivity index is 2.34. The van der Waals surface area contributed by atoms with Gasteiger partial charge in [-0.25, -0.2) is 0 Å². The number of hydrogen-bond acceptors (Lipinski definition) is 4. The Kier molecular flexibility index (Phi) is 2.78. The van der Waals surface area contributed by atoms with Crippen LogP contribution in [0.1, 0.15) is 11.1 Å². The lowest BCUT2D eigenvalue weighted by Crippen LogP contribution is -1.99. The first kappa shape index (κ1) is 11.1. The van der Waals surface area contributed by atoms with Crippen molar-refractivity contribution in [2.45, 2.75) is 6.42 Å². The normalized spacial score (nSPS) is 10.4. The van der Waals surface area contributed by atoms with Gasteiger partial charge < -0.3 is 22.9 Å². The van der Waals surface area contributed by atoms with Gasteiger partial charge in [0.1, 0.15) is 0 Å². The molecule has 0 saturated carbocycles. The first-order chi connectivity index (χ1) is 8.04. The molecule has 88 valence electrons. The zero-order valence-corrected chi connectivity index (χ0v) is 9.48. The third kappa shape index (κ3) is 2.60. The fourth-order valence-corrected chi connectivity index (χ4v) is 1.85. The molecule has 0 fully saturated rings. The summed E-state index contributed by atoms with van der Waals surface area (Å²) >= 11 is 0. The number of nitrogens with two attached hydrogens (primary N) is 4. The van der Waals surface area contributed by atoms with Crippen LogP contribution < -0.4 is 22.9 Å². The van der Waals surface area contributed by atoms with Gasteiger partial charge in [0, 0.05) is 22.7 Å². The molecule has 0 aliphatic carbocycles. The predicted molar refractivity (Wildman–Crippen MR) is 73.3 cm³/mol. The van der Waals surface area contributed by atoms with Crippen molar-refractivity contribution in [3.63, 3.8) is 0 Å². The van der Waals surface area contributed by atoms with Crippen molar-refractivity contribution in [3.8, 4) is 0 Å². The molecule has 0 spiro atoms. The number of anilines is 4. The molecule has 2 rings (SSSR count). The molecule has 4 nitrogen and oxygen atoms in total. The molecule has 0 aliphatic rings. The van der Waals surface area contributed by atoms with E-state index in [0.29, 0.717) is 23.5 Å². The van der Waals surface area contributed by atoms with Crippen molar-refractivity contribution in [1.82, 2.24) is 0 Å². The first-order valence-electron chi connectivity index (χ1n) is 5.33. The van der Waals surface area contributed by atoms with E-state index in [1.54, 1.807) is 18.2 Å². The number of rotatable bonds is 2. The van der Waals surface area contributed by atoms with Crippen LogP contribution in [0, 0.1) is 0 Å². The maximum Gasteiger partial charge on any atom is 0.0351 e. The summed E-state index contributed by atoms with van der Waals surface area (Å²) in [5.41, 5.74) is 27.9. The largest absolute Gasteiger partial charge is 0.399 e. The van der Waals surface area contributed by atoms with Crippen molar-refractivity contribution >= 4 is 22.7 Å². The Morgan fingerprint density at radius 3 is 2.00 bits per heavy atom. The van der Waals surface area contributed by atoms with Crippen LogP contribution in [0.4, 0.5) is 22.7 Å². The van der Waals surface area contributed by atoms with Crippen molar-refractivity contribution < 1.29 is 0 Å². The van der Waals surface area contributed by atoms with Gasteiger partial charge in [-0.2, -0.15) is 0 Å². The molecular formula is C13H16N4. The van der Waals surface area contributed by atoms with Gasteiger partial charge in [0.15, 0.2) is 0 Å². The Labute approximate surface area is 100 Å². The highest BCUT2D eigenvalue weighted by Crippen LogP contribution is 2.22. The summed E-state index contributed by atoms with van der Waals surface area (Å²) in [6, 6.07) is 11.0. The molecule has 2 aromatic rings. The second-order valence-corrected chi connectivity index (χ2v) is 4.14. The minimum atomic E-state index is 0.655. The summed E-state index contributed by atoms with van der Waals surface area (Å²) in [5, 5.41) is 0. The average Bonchev–Trinajstić information content (AvgIpc) is 2.22. The van der Waals surface area contributed by atoms with Crippen LogP contribution in [0.15, 0.2) is 36.4 Å². The van der Waals surface area contributed by atoms with Crippen LogP contribution in [-0.4, -0.2) is 0 Å². The SMILES string of the molecule is Nc1cc(N)cc(Cc2cc(N)ccc2N)c1. The van der Waals surface area contributed by atoms with Crippen LogP contribution in [0.25, 0.3) is 0 Å². The Hall–Kier alpha value is -2.36. The topological polar surface area (TPSA) is 104 Å². The van der Waals surface area contributed by atoms with E-state index in [0.717, 1.165) is 16.8 Å². The highest BCUT2D eigenvalue weighted by Gasteiger charge is 2.03. The molecule has 4 heteroatoms. The van der Waals surface area contributed by atoms with Crippen LogP contribution in [-0.2, 0) is 6.42 Å². The highest BCUT2D eigenvalue weighted by atomic mass is 14.6. The van der Waals surface area contributed by atoms with Crippen LogP contribution in [0.2, 0.25) is 0 Å². The van der Waals surface area contributed by atoms with Crippen molar-refractivity contribution in [1.29, 1.82) is 0 Å². The molecule has 8 N–H and O–H groups in total. The van der Waals surface area contributed by atoms with Crippen LogP contribution in [0.5, 0.6) is 0 Å². The molecule has 0 radical (unpaired) electrons. The molecule has 0 saturated heterocycles. The van der Waals surface area contributed by atoms with E-state index in [-0.39, 0.29) is 0 Å². The van der Waals surface area contributed by atoms with Crippen molar-refractivity contribution in [3.05, 3.63) is 47.5 Å². The zero-order chi connectivity index (χ0) is 12.4. The van der Waals surface area contributed by atoms with Gasteiger partial charge >= 0.3 is 0 Å². The first-order valence-corrected chi connectivity index (χ1v) is 5.33. The highest BCUT2D eigenvalue weighted by molar-refractivity contribution is 5.59. The quantitative estimate of drug-likeness (QED) is 0.586. The fourth-order valence-electron chi connectivity index (χ4n) is 1.85. The summed E-state index contributed by atoms with van der Waals surface area (Å²) in [6.07, 6.45) is 0.673. The monoisotopic (exact) mass is 228 g/mol. The van der Waals surface area contributed by atoms with Gasteiger partial charge in [-0.15, -0.1) is 0 Å². The minimum absolute atomic E-state index is 0.655. The zero-order valence-electron chi connectivity index (χ0n) is 9.48. The van der Waals surface area contributed by atoms with Gasteiger partial charge in [0.05, 0.1) is 0 Å². The second kappa shape index (κ2) is 4.25. The second-order valence-electron chi connectivity index (χ2n) is 4.14. The Morgan fingerprint density at radius 1 is 0.706 bits per heavy atom. The van der Waals surface area contributed by atoms with Crippen LogP contribution in [0.3, 0.4) is 0 Å². The van der Waals surface area contributed by atoms with E-state index < -0.39 is 0 Å². The van der Waals surface area contributed by atoms with Gasteiger partial charge in [0.25, 0.3) is 0 Å². The minimum Gasteiger partial charge on any atom is -0.399 e. The molecule has 0 aromatic heterocycles. The van der Waals surface area contributed by atoms with Gasteiger partial charge in [-0.05, 0) is 53.9 Å². The lowest BCUT2D eigenvalue weighted by molar-refractivity contribution is 1.20. The summed E-state index contributed by atoms with van der Waals surface area (Å²) in [4.78, 5) is 0. The average molecular weight is 228 g/mol. The maximum absolute atomic E-state index is 5.90. The lowest BCUT2D eigenvalue weighted by atomic mass is 10.0. The fraction of sp³-hybridized carbons (Fsp3) is 0.0769. The van der Waals surface area contributed by atoms with Gasteiger partial charge in [-0.1, -0.05) is 0 Å². The Bertz CT molecular complexity index is 529. The summed E-state index contributed by atoms with van der Waals surface area (Å²) < 4.78 is 0. The molecule has 0 aliphatic heterocycles. The molecule has 0 bridgehead atoms. The van der Waals surface area contributed by atoms with E-state index in [1.165, 1.54) is 0 Å². The van der Waals surface area contributed by atoms with E-state index >= 15 is 0 Å². The molecule has 2 aromatic carbocycles.